The molecule has 0 aliphatic carbocycles. The Balaban J connectivity index is 0.000000690. The Morgan fingerprint density at radius 3 is 1.43 bits per heavy atom. The van der Waals surface area contributed by atoms with Crippen molar-refractivity contribution in [2.75, 3.05) is 26.7 Å². The largest absolute Gasteiger partial charge is 0.744 e. The van der Waals surface area contributed by atoms with Crippen molar-refractivity contribution >= 4 is 29.3 Å². The van der Waals surface area contributed by atoms with Crippen LogP contribution in [-0.4, -0.2) is 61.8 Å². The first-order valence-corrected chi connectivity index (χ1v) is 10.6. The van der Waals surface area contributed by atoms with Crippen molar-refractivity contribution in [3.05, 3.63) is 29.3 Å². The molecule has 0 radical (unpaired) electrons. The molecule has 0 aromatic heterocycles. The summed E-state index contributed by atoms with van der Waals surface area (Å²) in [6, 6.07) is 1.98. The fourth-order valence-corrected chi connectivity index (χ4v) is 1.53. The van der Waals surface area contributed by atoms with Crippen LogP contribution in [0.5, 0.6) is 0 Å². The second-order valence-electron chi connectivity index (χ2n) is 5.49. The van der Waals surface area contributed by atoms with Crippen molar-refractivity contribution in [3.63, 3.8) is 0 Å². The number of carboxylic acids is 2. The third kappa shape index (κ3) is 8.39. The summed E-state index contributed by atoms with van der Waals surface area (Å²) in [6.07, 6.45) is 0. The van der Waals surface area contributed by atoms with E-state index in [-0.39, 0.29) is 7.26 Å². The molecular formula is C12H17O7PS. The Kier molecular flexibility index (Phi) is 6.48. The third-order valence-electron chi connectivity index (χ3n) is 1.69. The van der Waals surface area contributed by atoms with Crippen LogP contribution in [0.4, 0.5) is 0 Å². The van der Waals surface area contributed by atoms with E-state index in [0.717, 1.165) is 6.07 Å². The zero-order valence-electron chi connectivity index (χ0n) is 12.0. The van der Waals surface area contributed by atoms with E-state index < -0.39 is 38.1 Å². The minimum atomic E-state index is -4.89. The molecule has 0 fully saturated rings. The molecule has 118 valence electrons. The van der Waals surface area contributed by atoms with Gasteiger partial charge in [0.2, 0.25) is 0 Å². The summed E-state index contributed by atoms with van der Waals surface area (Å²) in [5, 5.41) is 17.2. The van der Waals surface area contributed by atoms with E-state index in [1.165, 1.54) is 0 Å². The molecule has 1 rings (SSSR count). The molecule has 1 aromatic rings. The number of hydrogen-bond donors (Lipinski definition) is 2. The van der Waals surface area contributed by atoms with Crippen LogP contribution in [0.25, 0.3) is 0 Å². The van der Waals surface area contributed by atoms with Crippen molar-refractivity contribution in [2.45, 2.75) is 4.90 Å². The molecule has 0 aliphatic heterocycles. The maximum atomic E-state index is 10.6. The van der Waals surface area contributed by atoms with Gasteiger partial charge < -0.3 is 14.8 Å². The Morgan fingerprint density at radius 1 is 0.952 bits per heavy atom. The van der Waals surface area contributed by atoms with E-state index >= 15 is 0 Å². The first-order chi connectivity index (χ1) is 9.21. The van der Waals surface area contributed by atoms with Gasteiger partial charge in [0.25, 0.3) is 0 Å². The van der Waals surface area contributed by atoms with Crippen molar-refractivity contribution in [2.24, 2.45) is 0 Å². The molecule has 0 amide bonds. The zero-order chi connectivity index (χ0) is 17.0. The monoisotopic (exact) mass is 336 g/mol. The van der Waals surface area contributed by atoms with Crippen LogP contribution in [-0.2, 0) is 10.1 Å². The lowest BCUT2D eigenvalue weighted by Crippen LogP contribution is -2.07. The minimum Gasteiger partial charge on any atom is -0.744 e. The van der Waals surface area contributed by atoms with E-state index in [2.05, 4.69) is 26.7 Å². The van der Waals surface area contributed by atoms with Gasteiger partial charge in [-0.25, -0.2) is 18.0 Å². The van der Waals surface area contributed by atoms with Crippen molar-refractivity contribution < 1.29 is 32.8 Å². The van der Waals surface area contributed by atoms with Crippen molar-refractivity contribution in [3.8, 4) is 0 Å². The number of carboxylic acid groups (broad SMARTS) is 2. The Bertz CT molecular complexity index is 606. The maximum absolute atomic E-state index is 10.6. The molecule has 0 bridgehead atoms. The standard InChI is InChI=1S/C8H6O7S.C4H12P/c9-7(10)4-1-5(8(11)12)3-6(2-4)16(13,14)15;1-5(2,3)4/h1-3H,(H,9,10)(H,11,12)(H,13,14,15);1-4H3/q;+1/p-1. The molecular weight excluding hydrogens is 319 g/mol. The predicted molar refractivity (Wildman–Crippen MR) is 78.9 cm³/mol. The lowest BCUT2D eigenvalue weighted by Gasteiger charge is -2.08. The molecule has 0 spiro atoms. The Labute approximate surface area is 123 Å². The highest BCUT2D eigenvalue weighted by Gasteiger charge is 2.14. The molecule has 2 N–H and O–H groups in total. The van der Waals surface area contributed by atoms with Gasteiger partial charge in [0.15, 0.2) is 0 Å². The SMILES string of the molecule is C[P+](C)(C)C.O=C(O)c1cc(C(=O)O)cc(S(=O)(=O)[O-])c1. The topological polar surface area (TPSA) is 132 Å². The summed E-state index contributed by atoms with van der Waals surface area (Å²) in [5.74, 6) is -3.04. The highest BCUT2D eigenvalue weighted by molar-refractivity contribution is 7.85. The lowest BCUT2D eigenvalue weighted by atomic mass is 10.1. The van der Waals surface area contributed by atoms with E-state index in [1.807, 2.05) is 0 Å². The van der Waals surface area contributed by atoms with Gasteiger partial charge in [-0.05, 0) is 18.2 Å². The number of hydrogen-bond acceptors (Lipinski definition) is 5. The molecule has 1 aromatic carbocycles. The molecule has 21 heavy (non-hydrogen) atoms. The van der Waals surface area contributed by atoms with Crippen LogP contribution >= 0.6 is 7.26 Å². The highest BCUT2D eigenvalue weighted by atomic mass is 32.2. The average Bonchev–Trinajstić information content (AvgIpc) is 2.24. The fraction of sp³-hybridized carbons (Fsp3) is 0.333. The number of rotatable bonds is 3. The van der Waals surface area contributed by atoms with Gasteiger partial charge in [-0.3, -0.25) is 0 Å². The summed E-state index contributed by atoms with van der Waals surface area (Å²) >= 11 is 0. The van der Waals surface area contributed by atoms with Crippen LogP contribution in [0.2, 0.25) is 0 Å². The number of aromatic carboxylic acids is 2. The van der Waals surface area contributed by atoms with Gasteiger partial charge in [0.1, 0.15) is 10.1 Å². The fourth-order valence-electron chi connectivity index (χ4n) is 0.990. The van der Waals surface area contributed by atoms with Gasteiger partial charge in [-0.15, -0.1) is 0 Å². The summed E-state index contributed by atoms with van der Waals surface area (Å²) in [5.41, 5.74) is -1.15. The second kappa shape index (κ2) is 6.98. The Hall–Kier alpha value is -1.50. The summed E-state index contributed by atoms with van der Waals surface area (Å²) in [7, 11) is -5.28. The molecule has 0 saturated heterocycles. The molecule has 0 atom stereocenters. The van der Waals surface area contributed by atoms with Crippen LogP contribution in [0.1, 0.15) is 20.7 Å². The van der Waals surface area contributed by atoms with E-state index in [9.17, 15) is 22.6 Å². The van der Waals surface area contributed by atoms with Gasteiger partial charge in [0, 0.05) is 33.9 Å². The Morgan fingerprint density at radius 2 is 1.24 bits per heavy atom. The lowest BCUT2D eigenvalue weighted by molar-refractivity contribution is 0.0696. The van der Waals surface area contributed by atoms with Crippen molar-refractivity contribution in [1.29, 1.82) is 0 Å². The molecule has 7 nitrogen and oxygen atoms in total. The second-order valence-corrected chi connectivity index (χ2v) is 12.2. The van der Waals surface area contributed by atoms with Crippen LogP contribution in [0.3, 0.4) is 0 Å². The first-order valence-electron chi connectivity index (χ1n) is 5.58. The normalized spacial score (nSPS) is 11.3. The number of benzene rings is 1. The van der Waals surface area contributed by atoms with Gasteiger partial charge >= 0.3 is 11.9 Å². The molecule has 0 saturated carbocycles. The summed E-state index contributed by atoms with van der Waals surface area (Å²) < 4.78 is 31.9. The van der Waals surface area contributed by atoms with Gasteiger partial charge in [-0.2, -0.15) is 0 Å². The van der Waals surface area contributed by atoms with Crippen LogP contribution in [0, 0.1) is 0 Å². The van der Waals surface area contributed by atoms with Gasteiger partial charge in [-0.1, -0.05) is 0 Å². The maximum Gasteiger partial charge on any atom is 0.335 e. The highest BCUT2D eigenvalue weighted by Crippen LogP contribution is 2.40. The third-order valence-corrected chi connectivity index (χ3v) is 2.50. The summed E-state index contributed by atoms with van der Waals surface area (Å²) in [6.45, 7) is 9.19. The van der Waals surface area contributed by atoms with E-state index in [4.69, 9.17) is 10.2 Å². The summed E-state index contributed by atoms with van der Waals surface area (Å²) in [4.78, 5) is 20.2. The molecule has 0 aliphatic rings. The van der Waals surface area contributed by atoms with Crippen LogP contribution < -0.4 is 0 Å². The van der Waals surface area contributed by atoms with E-state index in [0.29, 0.717) is 12.1 Å². The smallest absolute Gasteiger partial charge is 0.335 e. The zero-order valence-corrected chi connectivity index (χ0v) is 13.7. The van der Waals surface area contributed by atoms with Crippen LogP contribution in [0.15, 0.2) is 23.1 Å². The predicted octanol–water partition coefficient (Wildman–Crippen LogP) is 1.51. The van der Waals surface area contributed by atoms with Gasteiger partial charge in [0.05, 0.1) is 16.0 Å². The number of carbonyl (C=O) groups is 2. The first kappa shape index (κ1) is 19.5. The van der Waals surface area contributed by atoms with Crippen molar-refractivity contribution in [1.82, 2.24) is 0 Å². The molecule has 0 unspecified atom stereocenters. The average molecular weight is 336 g/mol. The van der Waals surface area contributed by atoms with E-state index in [1.54, 1.807) is 0 Å². The minimum absolute atomic E-state index is 0.389. The quantitative estimate of drug-likeness (QED) is 0.631. The molecule has 0 heterocycles. The molecule has 9 heteroatoms.